The van der Waals surface area contributed by atoms with E-state index in [0.717, 1.165) is 11.1 Å². The maximum atomic E-state index is 12.9. The predicted octanol–water partition coefficient (Wildman–Crippen LogP) is 1.97. The van der Waals surface area contributed by atoms with Crippen LogP contribution in [0.5, 0.6) is 0 Å². The lowest BCUT2D eigenvalue weighted by Crippen LogP contribution is -2.18. The van der Waals surface area contributed by atoms with Crippen LogP contribution in [0.1, 0.15) is 11.1 Å². The van der Waals surface area contributed by atoms with Crippen molar-refractivity contribution in [2.75, 3.05) is 6.54 Å². The number of hydrogen-bond donors (Lipinski definition) is 1. The fourth-order valence-corrected chi connectivity index (χ4v) is 1.21. The van der Waals surface area contributed by atoms with Crippen molar-refractivity contribution in [1.29, 1.82) is 0 Å². The first-order valence-electron chi connectivity index (χ1n) is 4.22. The van der Waals surface area contributed by atoms with Crippen molar-refractivity contribution in [2.45, 2.75) is 19.5 Å². The molecule has 3 heteroatoms. The Morgan fingerprint density at radius 2 is 2.15 bits per heavy atom. The Kier molecular flexibility index (Phi) is 3.37. The second-order valence-corrected chi connectivity index (χ2v) is 3.11. The molecule has 1 rings (SSSR count). The lowest BCUT2D eigenvalue weighted by Gasteiger charge is -2.08. The van der Waals surface area contributed by atoms with E-state index in [4.69, 9.17) is 5.73 Å². The van der Waals surface area contributed by atoms with Gasteiger partial charge in [-0.05, 0) is 30.2 Å². The number of alkyl halides is 1. The fraction of sp³-hybridized carbons (Fsp3) is 0.400. The third kappa shape index (κ3) is 2.77. The average Bonchev–Trinajstić information content (AvgIpc) is 2.09. The molecular formula is C10H13F2N. The van der Waals surface area contributed by atoms with Gasteiger partial charge in [-0.3, -0.25) is 0 Å². The van der Waals surface area contributed by atoms with E-state index in [1.807, 2.05) is 0 Å². The summed E-state index contributed by atoms with van der Waals surface area (Å²) in [6, 6.07) is 4.34. The molecule has 13 heavy (non-hydrogen) atoms. The first-order valence-corrected chi connectivity index (χ1v) is 4.22. The van der Waals surface area contributed by atoms with Crippen LogP contribution in [0.25, 0.3) is 0 Å². The van der Waals surface area contributed by atoms with Crippen molar-refractivity contribution in [2.24, 2.45) is 5.73 Å². The molecule has 0 aliphatic heterocycles. The highest BCUT2D eigenvalue weighted by molar-refractivity contribution is 5.27. The summed E-state index contributed by atoms with van der Waals surface area (Å²) >= 11 is 0. The van der Waals surface area contributed by atoms with E-state index < -0.39 is 6.17 Å². The van der Waals surface area contributed by atoms with Crippen molar-refractivity contribution in [3.05, 3.63) is 35.1 Å². The van der Waals surface area contributed by atoms with Gasteiger partial charge in [0, 0.05) is 13.0 Å². The lowest BCUT2D eigenvalue weighted by molar-refractivity contribution is 0.340. The molecule has 1 unspecified atom stereocenters. The van der Waals surface area contributed by atoms with Gasteiger partial charge in [0.2, 0.25) is 0 Å². The maximum Gasteiger partial charge on any atom is 0.123 e. The molecule has 72 valence electrons. The first-order chi connectivity index (χ1) is 6.13. The minimum atomic E-state index is -1.04. The number of halogens is 2. The molecular weight excluding hydrogens is 172 g/mol. The molecule has 0 radical (unpaired) electrons. The zero-order valence-corrected chi connectivity index (χ0v) is 7.56. The summed E-state index contributed by atoms with van der Waals surface area (Å²) < 4.78 is 25.5. The number of hydrogen-bond acceptors (Lipinski definition) is 1. The van der Waals surface area contributed by atoms with Crippen LogP contribution in [0.4, 0.5) is 8.78 Å². The van der Waals surface area contributed by atoms with E-state index in [1.165, 1.54) is 12.1 Å². The van der Waals surface area contributed by atoms with Crippen LogP contribution >= 0.6 is 0 Å². The van der Waals surface area contributed by atoms with Crippen LogP contribution < -0.4 is 5.73 Å². The van der Waals surface area contributed by atoms with Gasteiger partial charge in [0.25, 0.3) is 0 Å². The van der Waals surface area contributed by atoms with Crippen molar-refractivity contribution in [3.63, 3.8) is 0 Å². The topological polar surface area (TPSA) is 26.0 Å². The highest BCUT2D eigenvalue weighted by Crippen LogP contribution is 2.13. The van der Waals surface area contributed by atoms with Crippen molar-refractivity contribution < 1.29 is 8.78 Å². The molecule has 0 aliphatic rings. The van der Waals surface area contributed by atoms with Gasteiger partial charge in [-0.15, -0.1) is 0 Å². The molecule has 0 bridgehead atoms. The summed E-state index contributed by atoms with van der Waals surface area (Å²) in [7, 11) is 0. The minimum Gasteiger partial charge on any atom is -0.328 e. The Hall–Kier alpha value is -0.960. The molecule has 1 nitrogen and oxygen atoms in total. The zero-order chi connectivity index (χ0) is 9.84. The molecule has 2 N–H and O–H groups in total. The van der Waals surface area contributed by atoms with Crippen molar-refractivity contribution in [3.8, 4) is 0 Å². The number of nitrogens with two attached hydrogens (primary N) is 1. The van der Waals surface area contributed by atoms with Crippen LogP contribution in [-0.2, 0) is 6.42 Å². The Morgan fingerprint density at radius 3 is 2.69 bits per heavy atom. The van der Waals surface area contributed by atoms with Crippen LogP contribution in [0.2, 0.25) is 0 Å². The van der Waals surface area contributed by atoms with Gasteiger partial charge < -0.3 is 5.73 Å². The van der Waals surface area contributed by atoms with Crippen LogP contribution in [0.15, 0.2) is 18.2 Å². The average molecular weight is 185 g/mol. The van der Waals surface area contributed by atoms with Gasteiger partial charge in [0.1, 0.15) is 12.0 Å². The molecule has 0 fully saturated rings. The summed E-state index contributed by atoms with van der Waals surface area (Å²) in [5.74, 6) is -0.288. The summed E-state index contributed by atoms with van der Waals surface area (Å²) in [5.41, 5.74) is 6.74. The summed E-state index contributed by atoms with van der Waals surface area (Å²) in [4.78, 5) is 0. The van der Waals surface area contributed by atoms with E-state index >= 15 is 0 Å². The largest absolute Gasteiger partial charge is 0.328 e. The van der Waals surface area contributed by atoms with E-state index in [2.05, 4.69) is 0 Å². The number of aryl methyl sites for hydroxylation is 1. The molecule has 1 aromatic rings. The molecule has 0 amide bonds. The lowest BCUT2D eigenvalue weighted by atomic mass is 10.0. The third-order valence-electron chi connectivity index (χ3n) is 2.00. The van der Waals surface area contributed by atoms with E-state index in [-0.39, 0.29) is 18.8 Å². The Morgan fingerprint density at radius 1 is 1.46 bits per heavy atom. The van der Waals surface area contributed by atoms with Gasteiger partial charge >= 0.3 is 0 Å². The van der Waals surface area contributed by atoms with Gasteiger partial charge in [0.05, 0.1) is 0 Å². The Bertz CT molecular complexity index is 286. The summed E-state index contributed by atoms with van der Waals surface area (Å²) in [6.07, 6.45) is -0.771. The number of benzene rings is 1. The maximum absolute atomic E-state index is 12.9. The zero-order valence-electron chi connectivity index (χ0n) is 7.56. The highest BCUT2D eigenvalue weighted by Gasteiger charge is 2.07. The summed E-state index contributed by atoms with van der Waals surface area (Å²) in [6.45, 7) is 1.78. The van der Waals surface area contributed by atoms with Crippen molar-refractivity contribution >= 4 is 0 Å². The molecule has 0 saturated heterocycles. The normalized spacial score (nSPS) is 12.9. The molecule has 1 atom stereocenters. The second-order valence-electron chi connectivity index (χ2n) is 3.11. The molecule has 1 aromatic carbocycles. The van der Waals surface area contributed by atoms with Crippen molar-refractivity contribution in [1.82, 2.24) is 0 Å². The second kappa shape index (κ2) is 4.33. The van der Waals surface area contributed by atoms with Gasteiger partial charge in [-0.1, -0.05) is 6.07 Å². The van der Waals surface area contributed by atoms with Gasteiger partial charge in [-0.25, -0.2) is 8.78 Å². The molecule has 0 heterocycles. The fourth-order valence-electron chi connectivity index (χ4n) is 1.21. The SMILES string of the molecule is Cc1cc(F)ccc1CC(F)CN. The number of rotatable bonds is 3. The first kappa shape index (κ1) is 10.1. The predicted molar refractivity (Wildman–Crippen MR) is 48.8 cm³/mol. The highest BCUT2D eigenvalue weighted by atomic mass is 19.1. The quantitative estimate of drug-likeness (QED) is 0.765. The monoisotopic (exact) mass is 185 g/mol. The van der Waals surface area contributed by atoms with Gasteiger partial charge in [-0.2, -0.15) is 0 Å². The minimum absolute atomic E-state index is 0.0107. The van der Waals surface area contributed by atoms with Crippen LogP contribution in [0.3, 0.4) is 0 Å². The van der Waals surface area contributed by atoms with Gasteiger partial charge in [0.15, 0.2) is 0 Å². The molecule has 0 aliphatic carbocycles. The standard InChI is InChI=1S/C10H13F2N/c1-7-4-9(11)3-2-8(7)5-10(12)6-13/h2-4,10H,5-6,13H2,1H3. The van der Waals surface area contributed by atoms with E-state index in [1.54, 1.807) is 13.0 Å². The Balaban J connectivity index is 2.77. The Labute approximate surface area is 76.6 Å². The third-order valence-corrected chi connectivity index (χ3v) is 2.00. The van der Waals surface area contributed by atoms with E-state index in [9.17, 15) is 8.78 Å². The molecule has 0 spiro atoms. The van der Waals surface area contributed by atoms with E-state index in [0.29, 0.717) is 0 Å². The summed E-state index contributed by atoms with van der Waals surface area (Å²) in [5, 5.41) is 0. The van der Waals surface area contributed by atoms with Crippen LogP contribution in [-0.4, -0.2) is 12.7 Å². The smallest absolute Gasteiger partial charge is 0.123 e. The molecule has 0 saturated carbocycles. The molecule has 0 aromatic heterocycles. The van der Waals surface area contributed by atoms with Crippen LogP contribution in [0, 0.1) is 12.7 Å².